The van der Waals surface area contributed by atoms with Crippen LogP contribution in [0.3, 0.4) is 0 Å². The molecule has 7 nitrogen and oxygen atoms in total. The molecule has 2 fully saturated rings. The lowest BCUT2D eigenvalue weighted by atomic mass is 9.87. The summed E-state index contributed by atoms with van der Waals surface area (Å²) in [6, 6.07) is 0. The molecule has 2 saturated heterocycles. The van der Waals surface area contributed by atoms with Gasteiger partial charge in [-0.05, 0) is 13.1 Å². The molecular formula is C10H15ClN2O5. The predicted octanol–water partition coefficient (Wildman–Crippen LogP) is -0.0161. The molecule has 0 aromatic heterocycles. The van der Waals surface area contributed by atoms with Crippen LogP contribution in [0.4, 0.5) is 4.79 Å². The van der Waals surface area contributed by atoms with Crippen molar-refractivity contribution in [3.05, 3.63) is 0 Å². The maximum absolute atomic E-state index is 11.8. The molecule has 0 saturated carbocycles. The lowest BCUT2D eigenvalue weighted by Crippen LogP contribution is -2.57. The van der Waals surface area contributed by atoms with Crippen molar-refractivity contribution in [2.24, 2.45) is 0 Å². The first-order valence-electron chi connectivity index (χ1n) is 5.48. The molecule has 102 valence electrons. The van der Waals surface area contributed by atoms with Crippen molar-refractivity contribution in [1.82, 2.24) is 10.2 Å². The SMILES string of the molecule is Cl.O=C(O)CN1C(=O)CC2(CCNCC2)OC1=O. The van der Waals surface area contributed by atoms with Gasteiger partial charge in [-0.15, -0.1) is 12.4 Å². The van der Waals surface area contributed by atoms with E-state index in [1.807, 2.05) is 0 Å². The van der Waals surface area contributed by atoms with E-state index in [1.165, 1.54) is 0 Å². The second-order valence-electron chi connectivity index (χ2n) is 4.35. The van der Waals surface area contributed by atoms with Gasteiger partial charge >= 0.3 is 12.1 Å². The third kappa shape index (κ3) is 2.91. The van der Waals surface area contributed by atoms with Crippen LogP contribution >= 0.6 is 12.4 Å². The number of aliphatic carboxylic acids is 1. The highest BCUT2D eigenvalue weighted by atomic mass is 35.5. The van der Waals surface area contributed by atoms with Gasteiger partial charge in [0.1, 0.15) is 12.1 Å². The number of halogens is 1. The van der Waals surface area contributed by atoms with Crippen LogP contribution in [0, 0.1) is 0 Å². The van der Waals surface area contributed by atoms with Crippen LogP contribution in [-0.4, -0.2) is 53.2 Å². The second-order valence-corrected chi connectivity index (χ2v) is 4.35. The first-order valence-corrected chi connectivity index (χ1v) is 5.48. The molecule has 0 unspecified atom stereocenters. The van der Waals surface area contributed by atoms with Gasteiger partial charge < -0.3 is 15.2 Å². The summed E-state index contributed by atoms with van der Waals surface area (Å²) in [5, 5.41) is 11.7. The summed E-state index contributed by atoms with van der Waals surface area (Å²) < 4.78 is 5.26. The largest absolute Gasteiger partial charge is 0.480 e. The van der Waals surface area contributed by atoms with E-state index in [2.05, 4.69) is 5.32 Å². The van der Waals surface area contributed by atoms with Crippen molar-refractivity contribution >= 4 is 30.4 Å². The lowest BCUT2D eigenvalue weighted by Gasteiger charge is -2.41. The molecule has 0 aromatic carbocycles. The summed E-state index contributed by atoms with van der Waals surface area (Å²) in [6.07, 6.45) is 0.412. The fraction of sp³-hybridized carbons (Fsp3) is 0.700. The van der Waals surface area contributed by atoms with Crippen LogP contribution in [0.1, 0.15) is 19.3 Å². The highest BCUT2D eigenvalue weighted by Crippen LogP contribution is 2.32. The quantitative estimate of drug-likeness (QED) is 0.737. The van der Waals surface area contributed by atoms with Gasteiger partial charge in [-0.1, -0.05) is 0 Å². The Morgan fingerprint density at radius 3 is 2.50 bits per heavy atom. The normalized spacial score (nSPS) is 22.3. The fourth-order valence-electron chi connectivity index (χ4n) is 2.20. The molecular weight excluding hydrogens is 264 g/mol. The molecule has 2 aliphatic rings. The molecule has 8 heteroatoms. The number of nitrogens with zero attached hydrogens (tertiary/aromatic N) is 1. The van der Waals surface area contributed by atoms with E-state index in [9.17, 15) is 14.4 Å². The zero-order valence-electron chi connectivity index (χ0n) is 9.68. The summed E-state index contributed by atoms with van der Waals surface area (Å²) in [6.45, 7) is 0.755. The minimum Gasteiger partial charge on any atom is -0.480 e. The second kappa shape index (κ2) is 5.53. The van der Waals surface area contributed by atoms with Crippen LogP contribution in [0.5, 0.6) is 0 Å². The van der Waals surface area contributed by atoms with Gasteiger partial charge in [-0.25, -0.2) is 9.69 Å². The zero-order valence-corrected chi connectivity index (χ0v) is 10.5. The molecule has 2 heterocycles. The Morgan fingerprint density at radius 2 is 2.00 bits per heavy atom. The highest BCUT2D eigenvalue weighted by molar-refractivity contribution is 5.97. The summed E-state index contributed by atoms with van der Waals surface area (Å²) in [7, 11) is 0. The van der Waals surface area contributed by atoms with Crippen molar-refractivity contribution in [2.75, 3.05) is 19.6 Å². The van der Waals surface area contributed by atoms with Gasteiger partial charge in [0.25, 0.3) is 0 Å². The summed E-state index contributed by atoms with van der Waals surface area (Å²) in [5.74, 6) is -1.69. The maximum atomic E-state index is 11.8. The van der Waals surface area contributed by atoms with Gasteiger partial charge in [-0.2, -0.15) is 0 Å². The molecule has 0 atom stereocenters. The van der Waals surface area contributed by atoms with Crippen LogP contribution in [-0.2, 0) is 14.3 Å². The maximum Gasteiger partial charge on any atom is 0.417 e. The first-order chi connectivity index (χ1) is 8.02. The summed E-state index contributed by atoms with van der Waals surface area (Å²) >= 11 is 0. The predicted molar refractivity (Wildman–Crippen MR) is 62.5 cm³/mol. The Balaban J connectivity index is 0.00000162. The van der Waals surface area contributed by atoms with Crippen molar-refractivity contribution in [3.8, 4) is 0 Å². The van der Waals surface area contributed by atoms with E-state index in [1.54, 1.807) is 0 Å². The van der Waals surface area contributed by atoms with Crippen LogP contribution < -0.4 is 5.32 Å². The van der Waals surface area contributed by atoms with Crippen LogP contribution in [0.25, 0.3) is 0 Å². The number of rotatable bonds is 2. The summed E-state index contributed by atoms with van der Waals surface area (Å²) in [5.41, 5.74) is -0.728. The monoisotopic (exact) mass is 278 g/mol. The average Bonchev–Trinajstić information content (AvgIpc) is 2.24. The molecule has 18 heavy (non-hydrogen) atoms. The van der Waals surface area contributed by atoms with Gasteiger partial charge in [0.2, 0.25) is 5.91 Å². The number of imide groups is 1. The zero-order chi connectivity index (χ0) is 12.5. The topological polar surface area (TPSA) is 95.9 Å². The molecule has 0 bridgehead atoms. The number of hydrogen-bond acceptors (Lipinski definition) is 5. The van der Waals surface area contributed by atoms with E-state index in [4.69, 9.17) is 9.84 Å². The fourth-order valence-corrected chi connectivity index (χ4v) is 2.20. The molecule has 1 spiro atoms. The third-order valence-corrected chi connectivity index (χ3v) is 3.11. The first kappa shape index (κ1) is 14.7. The summed E-state index contributed by atoms with van der Waals surface area (Å²) in [4.78, 5) is 34.5. The molecule has 0 aromatic rings. The number of nitrogens with one attached hydrogen (secondary N) is 1. The van der Waals surface area contributed by atoms with E-state index in [0.29, 0.717) is 30.8 Å². The minimum atomic E-state index is -1.23. The Kier molecular flexibility index (Phi) is 4.53. The van der Waals surface area contributed by atoms with Gasteiger partial charge in [0.05, 0.1) is 6.42 Å². The number of carboxylic acid groups (broad SMARTS) is 1. The van der Waals surface area contributed by atoms with E-state index in [-0.39, 0.29) is 18.8 Å². The Labute approximate surface area is 110 Å². The molecule has 0 aliphatic carbocycles. The molecule has 2 amide bonds. The van der Waals surface area contributed by atoms with Crippen LogP contribution in [0.15, 0.2) is 0 Å². The van der Waals surface area contributed by atoms with Crippen molar-refractivity contribution < 1.29 is 24.2 Å². The number of carbonyl (C=O) groups is 3. The van der Waals surface area contributed by atoms with E-state index >= 15 is 0 Å². The molecule has 2 aliphatic heterocycles. The minimum absolute atomic E-state index is 0. The number of amides is 2. The number of carboxylic acids is 1. The Hall–Kier alpha value is -1.34. The third-order valence-electron chi connectivity index (χ3n) is 3.11. The highest BCUT2D eigenvalue weighted by Gasteiger charge is 2.46. The van der Waals surface area contributed by atoms with E-state index in [0.717, 1.165) is 0 Å². The Bertz CT molecular complexity index is 347. The number of hydrogen-bond donors (Lipinski definition) is 2. The van der Waals surface area contributed by atoms with Crippen molar-refractivity contribution in [2.45, 2.75) is 24.9 Å². The van der Waals surface area contributed by atoms with Crippen molar-refractivity contribution in [3.63, 3.8) is 0 Å². The van der Waals surface area contributed by atoms with Gasteiger partial charge in [0.15, 0.2) is 0 Å². The lowest BCUT2D eigenvalue weighted by molar-refractivity contribution is -0.153. The Morgan fingerprint density at radius 1 is 1.39 bits per heavy atom. The average molecular weight is 279 g/mol. The molecule has 2 N–H and O–H groups in total. The number of piperidine rings is 1. The van der Waals surface area contributed by atoms with Crippen LogP contribution in [0.2, 0.25) is 0 Å². The standard InChI is InChI=1S/C10H14N2O5.ClH/c13-7-5-10(1-3-11-4-2-10)17-9(16)12(7)6-8(14)15;/h11H,1-6H2,(H,14,15);1H. The number of ether oxygens (including phenoxy) is 1. The van der Waals surface area contributed by atoms with Crippen molar-refractivity contribution in [1.29, 1.82) is 0 Å². The molecule has 0 radical (unpaired) electrons. The van der Waals surface area contributed by atoms with Gasteiger partial charge in [-0.3, -0.25) is 9.59 Å². The van der Waals surface area contributed by atoms with E-state index < -0.39 is 30.1 Å². The van der Waals surface area contributed by atoms with Gasteiger partial charge in [0, 0.05) is 12.8 Å². The molecule has 2 rings (SSSR count). The number of carbonyl (C=O) groups excluding carboxylic acids is 2. The smallest absolute Gasteiger partial charge is 0.417 e.